The van der Waals surface area contributed by atoms with E-state index in [1.54, 1.807) is 11.9 Å². The van der Waals surface area contributed by atoms with Gasteiger partial charge in [-0.2, -0.15) is 5.10 Å². The van der Waals surface area contributed by atoms with Crippen molar-refractivity contribution in [3.63, 3.8) is 0 Å². The van der Waals surface area contributed by atoms with Gasteiger partial charge in [0.1, 0.15) is 5.82 Å². The van der Waals surface area contributed by atoms with E-state index in [0.29, 0.717) is 5.92 Å². The van der Waals surface area contributed by atoms with Gasteiger partial charge in [0.2, 0.25) is 6.41 Å². The van der Waals surface area contributed by atoms with Crippen LogP contribution in [0.15, 0.2) is 6.07 Å². The van der Waals surface area contributed by atoms with Crippen LogP contribution in [0.3, 0.4) is 0 Å². The lowest BCUT2D eigenvalue weighted by Crippen LogP contribution is -2.22. The Labute approximate surface area is 119 Å². The second-order valence-corrected chi connectivity index (χ2v) is 5.52. The lowest BCUT2D eigenvalue weighted by molar-refractivity contribution is -0.107. The van der Waals surface area contributed by atoms with Gasteiger partial charge in [-0.1, -0.05) is 0 Å². The van der Waals surface area contributed by atoms with Gasteiger partial charge in [0.15, 0.2) is 0 Å². The Bertz CT molecular complexity index is 438. The molecule has 1 atom stereocenters. The quantitative estimate of drug-likeness (QED) is 0.792. The fourth-order valence-electron chi connectivity index (χ4n) is 2.45. The standard InChI is InChI=1S/C14H24N4O2/c1-11(15)3-6-18-14(17(2)10-19)9-13(16-18)12-4-7-20-8-5-12/h9-12H,3-8,15H2,1-2H3. The number of anilines is 1. The summed E-state index contributed by atoms with van der Waals surface area (Å²) < 4.78 is 7.28. The van der Waals surface area contributed by atoms with Crippen LogP contribution >= 0.6 is 0 Å². The fraction of sp³-hybridized carbons (Fsp3) is 0.714. The van der Waals surface area contributed by atoms with Gasteiger partial charge in [0, 0.05) is 44.8 Å². The molecule has 20 heavy (non-hydrogen) atoms. The molecule has 112 valence electrons. The normalized spacial score (nSPS) is 17.9. The minimum Gasteiger partial charge on any atom is -0.381 e. The SMILES string of the molecule is CC(N)CCn1nc(C2CCOCC2)cc1N(C)C=O. The molecule has 6 heteroatoms. The topological polar surface area (TPSA) is 73.4 Å². The van der Waals surface area contributed by atoms with Crippen LogP contribution < -0.4 is 10.6 Å². The third kappa shape index (κ3) is 3.58. The highest BCUT2D eigenvalue weighted by Crippen LogP contribution is 2.28. The first-order chi connectivity index (χ1) is 9.61. The summed E-state index contributed by atoms with van der Waals surface area (Å²) in [6.07, 6.45) is 3.64. The number of aryl methyl sites for hydroxylation is 1. The van der Waals surface area contributed by atoms with Gasteiger partial charge >= 0.3 is 0 Å². The molecular formula is C14H24N4O2. The number of carbonyl (C=O) groups is 1. The van der Waals surface area contributed by atoms with Crippen molar-refractivity contribution in [3.8, 4) is 0 Å². The van der Waals surface area contributed by atoms with E-state index in [1.165, 1.54) is 0 Å². The molecule has 2 N–H and O–H groups in total. The van der Waals surface area contributed by atoms with Crippen LogP contribution in [0.5, 0.6) is 0 Å². The summed E-state index contributed by atoms with van der Waals surface area (Å²) in [5, 5.41) is 4.68. The highest BCUT2D eigenvalue weighted by atomic mass is 16.5. The maximum atomic E-state index is 11.0. The van der Waals surface area contributed by atoms with E-state index in [0.717, 1.165) is 56.9 Å². The molecule has 1 aromatic rings. The summed E-state index contributed by atoms with van der Waals surface area (Å²) in [5.74, 6) is 1.27. The van der Waals surface area contributed by atoms with Crippen molar-refractivity contribution in [1.29, 1.82) is 0 Å². The van der Waals surface area contributed by atoms with E-state index in [2.05, 4.69) is 5.10 Å². The molecule has 1 fully saturated rings. The van der Waals surface area contributed by atoms with Crippen LogP contribution in [0.1, 0.15) is 37.8 Å². The summed E-state index contributed by atoms with van der Waals surface area (Å²) >= 11 is 0. The number of nitrogens with zero attached hydrogens (tertiary/aromatic N) is 3. The molecule has 1 aliphatic heterocycles. The molecular weight excluding hydrogens is 256 g/mol. The van der Waals surface area contributed by atoms with Crippen LogP contribution in [0.2, 0.25) is 0 Å². The maximum Gasteiger partial charge on any atom is 0.215 e. The Morgan fingerprint density at radius 1 is 1.60 bits per heavy atom. The van der Waals surface area contributed by atoms with E-state index in [1.807, 2.05) is 17.7 Å². The largest absolute Gasteiger partial charge is 0.381 e. The van der Waals surface area contributed by atoms with Gasteiger partial charge in [-0.05, 0) is 26.2 Å². The fourth-order valence-corrected chi connectivity index (χ4v) is 2.45. The number of hydrogen-bond donors (Lipinski definition) is 1. The minimum atomic E-state index is 0.125. The smallest absolute Gasteiger partial charge is 0.215 e. The summed E-state index contributed by atoms with van der Waals surface area (Å²) in [4.78, 5) is 12.6. The van der Waals surface area contributed by atoms with E-state index in [9.17, 15) is 4.79 Å². The van der Waals surface area contributed by atoms with Crippen molar-refractivity contribution < 1.29 is 9.53 Å². The van der Waals surface area contributed by atoms with Gasteiger partial charge in [0.05, 0.1) is 5.69 Å². The number of ether oxygens (including phenoxy) is 1. The number of rotatable bonds is 6. The molecule has 1 aromatic heterocycles. The van der Waals surface area contributed by atoms with Crippen LogP contribution in [-0.2, 0) is 16.1 Å². The van der Waals surface area contributed by atoms with Gasteiger partial charge < -0.3 is 15.4 Å². The average Bonchev–Trinajstić information content (AvgIpc) is 2.89. The van der Waals surface area contributed by atoms with Crippen molar-refractivity contribution in [3.05, 3.63) is 11.8 Å². The van der Waals surface area contributed by atoms with E-state index < -0.39 is 0 Å². The molecule has 0 radical (unpaired) electrons. The molecule has 0 saturated carbocycles. The Balaban J connectivity index is 2.18. The molecule has 2 rings (SSSR count). The van der Waals surface area contributed by atoms with E-state index >= 15 is 0 Å². The Kier molecular flexibility index (Phi) is 5.14. The predicted molar refractivity (Wildman–Crippen MR) is 77.8 cm³/mol. The number of carbonyl (C=O) groups excluding carboxylic acids is 1. The molecule has 0 bridgehead atoms. The Morgan fingerprint density at radius 3 is 2.90 bits per heavy atom. The van der Waals surface area contributed by atoms with Gasteiger partial charge in [-0.15, -0.1) is 0 Å². The van der Waals surface area contributed by atoms with Crippen LogP contribution in [-0.4, -0.2) is 42.5 Å². The first kappa shape index (κ1) is 15.0. The van der Waals surface area contributed by atoms with Gasteiger partial charge in [0.25, 0.3) is 0 Å². The number of nitrogens with two attached hydrogens (primary N) is 1. The molecule has 1 saturated heterocycles. The molecule has 0 aliphatic carbocycles. The summed E-state index contributed by atoms with van der Waals surface area (Å²) in [7, 11) is 1.75. The molecule has 0 spiro atoms. The summed E-state index contributed by atoms with van der Waals surface area (Å²) in [5.41, 5.74) is 6.86. The minimum absolute atomic E-state index is 0.125. The lowest BCUT2D eigenvalue weighted by Gasteiger charge is -2.19. The molecule has 1 aliphatic rings. The highest BCUT2D eigenvalue weighted by Gasteiger charge is 2.21. The lowest BCUT2D eigenvalue weighted by atomic mass is 9.97. The first-order valence-corrected chi connectivity index (χ1v) is 7.21. The number of amides is 1. The second-order valence-electron chi connectivity index (χ2n) is 5.52. The summed E-state index contributed by atoms with van der Waals surface area (Å²) in [6.45, 7) is 4.28. The number of hydrogen-bond acceptors (Lipinski definition) is 4. The van der Waals surface area contributed by atoms with Crippen molar-refractivity contribution in [2.24, 2.45) is 5.73 Å². The first-order valence-electron chi connectivity index (χ1n) is 7.21. The van der Waals surface area contributed by atoms with Crippen molar-refractivity contribution in [2.75, 3.05) is 25.2 Å². The van der Waals surface area contributed by atoms with Crippen LogP contribution in [0.4, 0.5) is 5.82 Å². The maximum absolute atomic E-state index is 11.0. The van der Waals surface area contributed by atoms with E-state index in [4.69, 9.17) is 10.5 Å². The van der Waals surface area contributed by atoms with Gasteiger partial charge in [-0.25, -0.2) is 4.68 Å². The van der Waals surface area contributed by atoms with E-state index in [-0.39, 0.29) is 6.04 Å². The zero-order chi connectivity index (χ0) is 14.5. The third-order valence-electron chi connectivity index (χ3n) is 3.73. The molecule has 1 unspecified atom stereocenters. The molecule has 1 amide bonds. The monoisotopic (exact) mass is 280 g/mol. The average molecular weight is 280 g/mol. The number of aromatic nitrogens is 2. The predicted octanol–water partition coefficient (Wildman–Crippen LogP) is 1.11. The zero-order valence-corrected chi connectivity index (χ0v) is 12.3. The van der Waals surface area contributed by atoms with Crippen molar-refractivity contribution in [2.45, 2.75) is 44.7 Å². The Hall–Kier alpha value is -1.40. The van der Waals surface area contributed by atoms with Crippen molar-refractivity contribution in [1.82, 2.24) is 9.78 Å². The third-order valence-corrected chi connectivity index (χ3v) is 3.73. The van der Waals surface area contributed by atoms with Crippen molar-refractivity contribution >= 4 is 12.2 Å². The van der Waals surface area contributed by atoms with Crippen LogP contribution in [0.25, 0.3) is 0 Å². The molecule has 0 aromatic carbocycles. The Morgan fingerprint density at radius 2 is 2.30 bits per heavy atom. The highest BCUT2D eigenvalue weighted by molar-refractivity contribution is 5.72. The summed E-state index contributed by atoms with van der Waals surface area (Å²) in [6, 6.07) is 2.14. The molecule has 2 heterocycles. The zero-order valence-electron chi connectivity index (χ0n) is 12.3. The second kappa shape index (κ2) is 6.85. The van der Waals surface area contributed by atoms with Crippen LogP contribution in [0, 0.1) is 0 Å². The van der Waals surface area contributed by atoms with Gasteiger partial charge in [-0.3, -0.25) is 4.79 Å². The molecule has 6 nitrogen and oxygen atoms in total.